The molecular weight excluding hydrogens is 555 g/mol. The maximum atomic E-state index is 14.0. The first-order chi connectivity index (χ1) is 20.7. The molecular formula is C34H38F3N3O3. The molecule has 1 atom stereocenters. The van der Waals surface area contributed by atoms with Gasteiger partial charge in [0.05, 0.1) is 12.1 Å². The molecule has 3 aliphatic rings. The number of benzene rings is 2. The Hall–Kier alpha value is -3.59. The van der Waals surface area contributed by atoms with Crippen LogP contribution in [0.15, 0.2) is 71.1 Å². The second-order valence-corrected chi connectivity index (χ2v) is 12.3. The van der Waals surface area contributed by atoms with Crippen molar-refractivity contribution in [2.24, 2.45) is 5.92 Å². The lowest BCUT2D eigenvalue weighted by atomic mass is 9.79. The number of nitrogens with zero attached hydrogens (tertiary/aromatic N) is 2. The van der Waals surface area contributed by atoms with Crippen LogP contribution in [-0.2, 0) is 28.9 Å². The van der Waals surface area contributed by atoms with E-state index in [0.29, 0.717) is 57.1 Å². The van der Waals surface area contributed by atoms with E-state index in [1.807, 2.05) is 35.2 Å². The standard InChI is InChI=1S/C34H38F3N3O3/c35-34(36,37)28-14-8-7-13-27(28)30-16-15-26(43-30)23-39-19-17-33(18-20-39)32(42)38-29(21-24-9-3-1-4-10-24)31(41)40(33)22-25-11-5-2-6-12-25/h2,5-8,11-16,24,29H,1,3-4,9-10,17-23H2,(H,38,42). The summed E-state index contributed by atoms with van der Waals surface area (Å²) in [5, 5.41) is 3.13. The van der Waals surface area contributed by atoms with Gasteiger partial charge in [0.15, 0.2) is 0 Å². The zero-order valence-electron chi connectivity index (χ0n) is 24.2. The zero-order valence-corrected chi connectivity index (χ0v) is 24.2. The minimum Gasteiger partial charge on any atom is -0.460 e. The largest absolute Gasteiger partial charge is 0.460 e. The molecule has 1 aliphatic carbocycles. The fourth-order valence-corrected chi connectivity index (χ4v) is 7.14. The van der Waals surface area contributed by atoms with Crippen molar-refractivity contribution >= 4 is 11.8 Å². The third-order valence-electron chi connectivity index (χ3n) is 9.51. The van der Waals surface area contributed by atoms with E-state index in [0.717, 1.165) is 24.5 Å². The van der Waals surface area contributed by atoms with E-state index in [-0.39, 0.29) is 23.1 Å². The van der Waals surface area contributed by atoms with Crippen molar-refractivity contribution in [3.8, 4) is 11.3 Å². The van der Waals surface area contributed by atoms with Crippen LogP contribution in [0.2, 0.25) is 0 Å². The second-order valence-electron chi connectivity index (χ2n) is 12.3. The number of rotatable bonds is 7. The summed E-state index contributed by atoms with van der Waals surface area (Å²) in [5.74, 6) is 1.11. The van der Waals surface area contributed by atoms with Crippen LogP contribution in [0.5, 0.6) is 0 Å². The normalized spacial score (nSPS) is 21.7. The molecule has 1 aromatic heterocycles. The lowest BCUT2D eigenvalue weighted by Gasteiger charge is -2.52. The number of nitrogens with one attached hydrogen (secondary N) is 1. The first-order valence-corrected chi connectivity index (χ1v) is 15.4. The van der Waals surface area contributed by atoms with Crippen LogP contribution in [0.25, 0.3) is 11.3 Å². The van der Waals surface area contributed by atoms with Crippen LogP contribution in [0, 0.1) is 5.92 Å². The minimum absolute atomic E-state index is 0.00137. The number of halogens is 3. The molecule has 1 unspecified atom stereocenters. The predicted molar refractivity (Wildman–Crippen MR) is 157 cm³/mol. The predicted octanol–water partition coefficient (Wildman–Crippen LogP) is 6.80. The summed E-state index contributed by atoms with van der Waals surface area (Å²) in [6, 6.07) is 18.0. The van der Waals surface area contributed by atoms with E-state index in [1.165, 1.54) is 31.4 Å². The first-order valence-electron chi connectivity index (χ1n) is 15.4. The summed E-state index contributed by atoms with van der Waals surface area (Å²) >= 11 is 0. The number of furan rings is 1. The van der Waals surface area contributed by atoms with Crippen molar-refractivity contribution < 1.29 is 27.2 Å². The lowest BCUT2D eigenvalue weighted by Crippen LogP contribution is -2.72. The number of likely N-dealkylation sites (tertiary alicyclic amines) is 1. The number of piperazine rings is 1. The van der Waals surface area contributed by atoms with Crippen molar-refractivity contribution in [3.05, 3.63) is 83.6 Å². The SMILES string of the molecule is O=C1C(CC2CCCCC2)NC(=O)C2(CCN(Cc3ccc(-c4ccccc4C(F)(F)F)o3)CC2)N1Cc1ccccc1. The van der Waals surface area contributed by atoms with Gasteiger partial charge < -0.3 is 14.6 Å². The highest BCUT2D eigenvalue weighted by Crippen LogP contribution is 2.39. The maximum absolute atomic E-state index is 14.0. The Labute approximate surface area is 250 Å². The second kappa shape index (κ2) is 12.2. The van der Waals surface area contributed by atoms with E-state index >= 15 is 0 Å². The summed E-state index contributed by atoms with van der Waals surface area (Å²) in [5.41, 5.74) is -0.669. The van der Waals surface area contributed by atoms with Gasteiger partial charge in [-0.05, 0) is 48.9 Å². The monoisotopic (exact) mass is 593 g/mol. The van der Waals surface area contributed by atoms with Crippen LogP contribution in [0.1, 0.15) is 68.3 Å². The number of carbonyl (C=O) groups is 2. The van der Waals surface area contributed by atoms with E-state index in [1.54, 1.807) is 18.2 Å². The molecule has 1 saturated carbocycles. The summed E-state index contributed by atoms with van der Waals surface area (Å²) < 4.78 is 46.5. The molecule has 1 spiro atoms. The van der Waals surface area contributed by atoms with Crippen molar-refractivity contribution in [2.45, 2.75) is 82.2 Å². The van der Waals surface area contributed by atoms with Gasteiger partial charge in [0.25, 0.3) is 0 Å². The lowest BCUT2D eigenvalue weighted by molar-refractivity contribution is -0.163. The number of amides is 2. The molecule has 3 aromatic rings. The third-order valence-corrected chi connectivity index (χ3v) is 9.51. The van der Waals surface area contributed by atoms with Gasteiger partial charge in [0.1, 0.15) is 23.1 Å². The summed E-state index contributed by atoms with van der Waals surface area (Å²) in [6.45, 7) is 1.89. The molecule has 0 bridgehead atoms. The van der Waals surface area contributed by atoms with Crippen LogP contribution >= 0.6 is 0 Å². The van der Waals surface area contributed by atoms with E-state index in [2.05, 4.69) is 10.2 Å². The van der Waals surface area contributed by atoms with E-state index in [4.69, 9.17) is 4.42 Å². The van der Waals surface area contributed by atoms with Crippen molar-refractivity contribution in [3.63, 3.8) is 0 Å². The van der Waals surface area contributed by atoms with Crippen LogP contribution < -0.4 is 5.32 Å². The van der Waals surface area contributed by atoms with Crippen LogP contribution in [0.3, 0.4) is 0 Å². The fourth-order valence-electron chi connectivity index (χ4n) is 7.14. The quantitative estimate of drug-likeness (QED) is 0.327. The van der Waals surface area contributed by atoms with Crippen molar-refractivity contribution in [1.29, 1.82) is 0 Å². The van der Waals surface area contributed by atoms with E-state index < -0.39 is 23.3 Å². The number of hydrogen-bond donors (Lipinski definition) is 1. The van der Waals surface area contributed by atoms with Gasteiger partial charge in [-0.2, -0.15) is 13.2 Å². The molecule has 6 rings (SSSR count). The van der Waals surface area contributed by atoms with E-state index in [9.17, 15) is 22.8 Å². The smallest absolute Gasteiger partial charge is 0.417 e. The van der Waals surface area contributed by atoms with Crippen molar-refractivity contribution in [1.82, 2.24) is 15.1 Å². The average molecular weight is 594 g/mol. The number of hydrogen-bond acceptors (Lipinski definition) is 4. The van der Waals surface area contributed by atoms with Gasteiger partial charge in [-0.25, -0.2) is 0 Å². The van der Waals surface area contributed by atoms with Gasteiger partial charge in [-0.15, -0.1) is 0 Å². The third kappa shape index (κ3) is 6.23. The molecule has 2 amide bonds. The number of carbonyl (C=O) groups excluding carboxylic acids is 2. The molecule has 43 heavy (non-hydrogen) atoms. The summed E-state index contributed by atoms with van der Waals surface area (Å²) in [6.07, 6.45) is 2.96. The Morgan fingerprint density at radius 3 is 2.28 bits per heavy atom. The van der Waals surface area contributed by atoms with Gasteiger partial charge in [-0.3, -0.25) is 14.5 Å². The van der Waals surface area contributed by atoms with Gasteiger partial charge in [0.2, 0.25) is 11.8 Å². The van der Waals surface area contributed by atoms with Crippen molar-refractivity contribution in [2.75, 3.05) is 13.1 Å². The highest BCUT2D eigenvalue weighted by molar-refractivity contribution is 6.00. The number of alkyl halides is 3. The molecule has 3 heterocycles. The maximum Gasteiger partial charge on any atom is 0.417 e. The average Bonchev–Trinajstić information content (AvgIpc) is 3.48. The Morgan fingerprint density at radius 1 is 0.860 bits per heavy atom. The van der Waals surface area contributed by atoms with Gasteiger partial charge in [0, 0.05) is 25.2 Å². The molecule has 228 valence electrons. The topological polar surface area (TPSA) is 65.8 Å². The molecule has 9 heteroatoms. The number of piperidine rings is 1. The molecule has 6 nitrogen and oxygen atoms in total. The highest BCUT2D eigenvalue weighted by Gasteiger charge is 2.53. The molecule has 2 aliphatic heterocycles. The highest BCUT2D eigenvalue weighted by atomic mass is 19.4. The van der Waals surface area contributed by atoms with Gasteiger partial charge >= 0.3 is 6.18 Å². The Kier molecular flexibility index (Phi) is 8.36. The summed E-state index contributed by atoms with van der Waals surface area (Å²) in [7, 11) is 0. The Bertz CT molecular complexity index is 1420. The van der Waals surface area contributed by atoms with Gasteiger partial charge in [-0.1, -0.05) is 80.6 Å². The first kappa shape index (κ1) is 29.5. The van der Waals surface area contributed by atoms with Crippen LogP contribution in [0.4, 0.5) is 13.2 Å². The summed E-state index contributed by atoms with van der Waals surface area (Å²) in [4.78, 5) is 31.9. The fraction of sp³-hybridized carbons (Fsp3) is 0.471. The Morgan fingerprint density at radius 2 is 1.56 bits per heavy atom. The van der Waals surface area contributed by atoms with Crippen LogP contribution in [-0.4, -0.2) is 46.3 Å². The minimum atomic E-state index is -4.48. The molecule has 2 saturated heterocycles. The molecule has 3 fully saturated rings. The molecule has 2 aromatic carbocycles. The zero-order chi connectivity index (χ0) is 30.0. The Balaban J connectivity index is 1.17. The molecule has 1 N–H and O–H groups in total. The molecule has 0 radical (unpaired) electrons.